The lowest BCUT2D eigenvalue weighted by Crippen LogP contribution is -2.37. The van der Waals surface area contributed by atoms with E-state index in [1.807, 2.05) is 38.1 Å². The summed E-state index contributed by atoms with van der Waals surface area (Å²) in [6.07, 6.45) is 0.451. The van der Waals surface area contributed by atoms with Gasteiger partial charge in [0, 0.05) is 13.6 Å². The maximum absolute atomic E-state index is 12.2. The average molecular weight is 344 g/mol. The Hall–Kier alpha value is -2.83. The van der Waals surface area contributed by atoms with Crippen LogP contribution < -0.4 is 15.8 Å². The fourth-order valence-electron chi connectivity index (χ4n) is 2.58. The van der Waals surface area contributed by atoms with Crippen molar-refractivity contribution in [1.82, 2.24) is 15.1 Å². The van der Waals surface area contributed by atoms with E-state index in [4.69, 9.17) is 10.5 Å². The number of nitrogens with one attached hydrogen (secondary N) is 1. The number of carbonyl (C=O) groups excluding carboxylic acids is 2. The van der Waals surface area contributed by atoms with Crippen molar-refractivity contribution >= 4 is 11.8 Å². The number of nitrogens with two attached hydrogens (primary N) is 1. The minimum absolute atomic E-state index is 0.172. The Bertz CT molecular complexity index is 737. The van der Waals surface area contributed by atoms with E-state index in [1.54, 1.807) is 13.1 Å². The maximum atomic E-state index is 12.2. The molecule has 0 spiro atoms. The van der Waals surface area contributed by atoms with Gasteiger partial charge in [0.05, 0.1) is 18.2 Å². The Morgan fingerprint density at radius 2 is 2.00 bits per heavy atom. The summed E-state index contributed by atoms with van der Waals surface area (Å²) in [6, 6.07) is 9.20. The summed E-state index contributed by atoms with van der Waals surface area (Å²) < 4.78 is 6.91. The largest absolute Gasteiger partial charge is 0.494 e. The van der Waals surface area contributed by atoms with Crippen LogP contribution in [0.1, 0.15) is 28.7 Å². The van der Waals surface area contributed by atoms with Crippen molar-refractivity contribution < 1.29 is 14.3 Å². The number of hydrogen-bond donors (Lipinski definition) is 2. The molecule has 0 bridgehead atoms. The first-order valence-electron chi connectivity index (χ1n) is 8.20. The van der Waals surface area contributed by atoms with Gasteiger partial charge in [-0.15, -0.1) is 0 Å². The third-order valence-electron chi connectivity index (χ3n) is 3.86. The molecule has 0 aliphatic rings. The minimum atomic E-state index is -0.490. The Labute approximate surface area is 147 Å². The Morgan fingerprint density at radius 3 is 2.52 bits per heavy atom. The zero-order chi connectivity index (χ0) is 18.4. The van der Waals surface area contributed by atoms with Crippen LogP contribution >= 0.6 is 0 Å². The summed E-state index contributed by atoms with van der Waals surface area (Å²) in [4.78, 5) is 24.0. The molecule has 0 aliphatic heterocycles. The zero-order valence-corrected chi connectivity index (χ0v) is 14.8. The number of benzene rings is 1. The summed E-state index contributed by atoms with van der Waals surface area (Å²) in [5.41, 5.74) is 7.65. The van der Waals surface area contributed by atoms with Crippen LogP contribution in [0.5, 0.6) is 5.75 Å². The van der Waals surface area contributed by atoms with Crippen LogP contribution in [0.25, 0.3) is 0 Å². The molecule has 1 unspecified atom stereocenters. The predicted molar refractivity (Wildman–Crippen MR) is 94.3 cm³/mol. The number of aryl methyl sites for hydroxylation is 2. The van der Waals surface area contributed by atoms with Gasteiger partial charge >= 0.3 is 0 Å². The lowest BCUT2D eigenvalue weighted by atomic mass is 9.98. The van der Waals surface area contributed by atoms with E-state index < -0.39 is 11.8 Å². The second-order valence-electron chi connectivity index (χ2n) is 5.88. The minimum Gasteiger partial charge on any atom is -0.494 e. The van der Waals surface area contributed by atoms with Crippen LogP contribution in [0.4, 0.5) is 0 Å². The van der Waals surface area contributed by atoms with Crippen molar-refractivity contribution in [1.29, 1.82) is 0 Å². The average Bonchev–Trinajstić information content (AvgIpc) is 2.91. The van der Waals surface area contributed by atoms with Gasteiger partial charge in [-0.1, -0.05) is 12.1 Å². The van der Waals surface area contributed by atoms with Crippen LogP contribution in [0.3, 0.4) is 0 Å². The molecule has 25 heavy (non-hydrogen) atoms. The van der Waals surface area contributed by atoms with E-state index in [0.29, 0.717) is 18.7 Å². The summed E-state index contributed by atoms with van der Waals surface area (Å²) >= 11 is 0. The Morgan fingerprint density at radius 1 is 1.32 bits per heavy atom. The molecule has 134 valence electrons. The fraction of sp³-hybridized carbons (Fsp3) is 0.389. The van der Waals surface area contributed by atoms with Crippen molar-refractivity contribution in [2.75, 3.05) is 13.2 Å². The van der Waals surface area contributed by atoms with Crippen LogP contribution in [0.15, 0.2) is 30.3 Å². The smallest absolute Gasteiger partial charge is 0.269 e. The third-order valence-corrected chi connectivity index (χ3v) is 3.86. The van der Waals surface area contributed by atoms with Crippen molar-refractivity contribution in [2.24, 2.45) is 18.7 Å². The van der Waals surface area contributed by atoms with Gasteiger partial charge in [0.1, 0.15) is 11.4 Å². The second-order valence-corrected chi connectivity index (χ2v) is 5.88. The summed E-state index contributed by atoms with van der Waals surface area (Å²) in [7, 11) is 1.70. The summed E-state index contributed by atoms with van der Waals surface area (Å²) in [5.74, 6) is -0.436. The van der Waals surface area contributed by atoms with Gasteiger partial charge in [0.15, 0.2) is 0 Å². The van der Waals surface area contributed by atoms with Crippen LogP contribution in [-0.2, 0) is 18.3 Å². The Balaban J connectivity index is 1.97. The van der Waals surface area contributed by atoms with Gasteiger partial charge in [-0.05, 0) is 44.0 Å². The molecule has 7 heteroatoms. The van der Waals surface area contributed by atoms with Crippen molar-refractivity contribution in [3.05, 3.63) is 47.3 Å². The van der Waals surface area contributed by atoms with E-state index >= 15 is 0 Å². The number of ether oxygens (including phenoxy) is 1. The predicted octanol–water partition coefficient (Wildman–Crippen LogP) is 1.20. The first-order valence-corrected chi connectivity index (χ1v) is 8.20. The molecule has 0 saturated heterocycles. The third kappa shape index (κ3) is 5.07. The SMILES string of the molecule is CCOc1ccc(CC(CNC(=O)c2cc(C)nn2C)C(N)=O)cc1. The van der Waals surface area contributed by atoms with Crippen LogP contribution in [-0.4, -0.2) is 34.7 Å². The standard InChI is InChI=1S/C18H24N4O3/c1-4-25-15-7-5-13(6-8-15)10-14(17(19)23)11-20-18(24)16-9-12(2)21-22(16)3/h5-9,14H,4,10-11H2,1-3H3,(H2,19,23)(H,20,24). The molecule has 2 amide bonds. The fourth-order valence-corrected chi connectivity index (χ4v) is 2.58. The number of hydrogen-bond acceptors (Lipinski definition) is 4. The highest BCUT2D eigenvalue weighted by Crippen LogP contribution is 2.15. The van der Waals surface area contributed by atoms with Gasteiger partial charge in [0.25, 0.3) is 5.91 Å². The molecule has 1 heterocycles. The summed E-state index contributed by atoms with van der Waals surface area (Å²) in [6.45, 7) is 4.51. The number of nitrogens with zero attached hydrogens (tertiary/aromatic N) is 2. The molecule has 0 aliphatic carbocycles. The molecule has 3 N–H and O–H groups in total. The molecule has 1 aromatic carbocycles. The van der Waals surface area contributed by atoms with E-state index in [9.17, 15) is 9.59 Å². The van der Waals surface area contributed by atoms with Gasteiger partial charge in [-0.3, -0.25) is 14.3 Å². The number of carbonyl (C=O) groups is 2. The number of aromatic nitrogens is 2. The molecular weight excluding hydrogens is 320 g/mol. The van der Waals surface area contributed by atoms with Gasteiger partial charge in [-0.25, -0.2) is 0 Å². The second kappa shape index (κ2) is 8.32. The normalized spacial score (nSPS) is 11.8. The van der Waals surface area contributed by atoms with E-state index in [2.05, 4.69) is 10.4 Å². The molecule has 1 aromatic heterocycles. The van der Waals surface area contributed by atoms with Crippen molar-refractivity contribution in [3.63, 3.8) is 0 Å². The quantitative estimate of drug-likeness (QED) is 0.751. The van der Waals surface area contributed by atoms with E-state index in [-0.39, 0.29) is 12.5 Å². The van der Waals surface area contributed by atoms with Crippen molar-refractivity contribution in [3.8, 4) is 5.75 Å². The van der Waals surface area contributed by atoms with Gasteiger partial charge < -0.3 is 15.8 Å². The highest BCUT2D eigenvalue weighted by Gasteiger charge is 2.19. The highest BCUT2D eigenvalue weighted by atomic mass is 16.5. The van der Waals surface area contributed by atoms with Gasteiger partial charge in [0.2, 0.25) is 5.91 Å². The first-order chi connectivity index (χ1) is 11.9. The zero-order valence-electron chi connectivity index (χ0n) is 14.8. The monoisotopic (exact) mass is 344 g/mol. The number of primary amides is 1. The maximum Gasteiger partial charge on any atom is 0.269 e. The lowest BCUT2D eigenvalue weighted by Gasteiger charge is -2.15. The highest BCUT2D eigenvalue weighted by molar-refractivity contribution is 5.93. The molecule has 0 saturated carbocycles. The first kappa shape index (κ1) is 18.5. The van der Waals surface area contributed by atoms with Crippen LogP contribution in [0, 0.1) is 12.8 Å². The number of rotatable bonds is 8. The molecular formula is C18H24N4O3. The molecule has 2 aromatic rings. The van der Waals surface area contributed by atoms with E-state index in [1.165, 1.54) is 4.68 Å². The van der Waals surface area contributed by atoms with E-state index in [0.717, 1.165) is 17.0 Å². The van der Waals surface area contributed by atoms with Crippen molar-refractivity contribution in [2.45, 2.75) is 20.3 Å². The summed E-state index contributed by atoms with van der Waals surface area (Å²) in [5, 5.41) is 6.90. The molecule has 1 atom stereocenters. The van der Waals surface area contributed by atoms with Crippen LogP contribution in [0.2, 0.25) is 0 Å². The topological polar surface area (TPSA) is 99.2 Å². The van der Waals surface area contributed by atoms with Gasteiger partial charge in [-0.2, -0.15) is 5.10 Å². The Kier molecular flexibility index (Phi) is 6.16. The molecule has 7 nitrogen and oxygen atoms in total. The number of amides is 2. The molecule has 0 radical (unpaired) electrons. The lowest BCUT2D eigenvalue weighted by molar-refractivity contribution is -0.121. The molecule has 2 rings (SSSR count). The molecule has 0 fully saturated rings.